The molecule has 19 heavy (non-hydrogen) atoms. The Morgan fingerprint density at radius 2 is 1.84 bits per heavy atom. The van der Waals surface area contributed by atoms with Gasteiger partial charge in [-0.1, -0.05) is 44.1 Å². The summed E-state index contributed by atoms with van der Waals surface area (Å²) in [5, 5.41) is 10.5. The van der Waals surface area contributed by atoms with Crippen molar-refractivity contribution in [2.45, 2.75) is 26.2 Å². The summed E-state index contributed by atoms with van der Waals surface area (Å²) in [6, 6.07) is 11.6. The molecule has 0 saturated carbocycles. The van der Waals surface area contributed by atoms with Gasteiger partial charge in [-0.15, -0.1) is 0 Å². The van der Waals surface area contributed by atoms with Crippen molar-refractivity contribution < 1.29 is 4.52 Å². The van der Waals surface area contributed by atoms with Crippen molar-refractivity contribution in [2.75, 3.05) is 10.6 Å². The van der Waals surface area contributed by atoms with Gasteiger partial charge in [-0.05, 0) is 24.4 Å². The molecule has 0 radical (unpaired) electrons. The Hall–Kier alpha value is -1.88. The summed E-state index contributed by atoms with van der Waals surface area (Å²) in [7, 11) is 0. The number of benzene rings is 1. The Kier molecular flexibility index (Phi) is 3.85. The van der Waals surface area contributed by atoms with Crippen LogP contribution in [0.25, 0.3) is 0 Å². The molecule has 1 aromatic heterocycles. The van der Waals surface area contributed by atoms with E-state index in [0.717, 1.165) is 11.4 Å². The zero-order valence-electron chi connectivity index (χ0n) is 11.2. The van der Waals surface area contributed by atoms with Gasteiger partial charge in [-0.25, -0.2) is 0 Å². The van der Waals surface area contributed by atoms with Gasteiger partial charge < -0.3 is 15.2 Å². The van der Waals surface area contributed by atoms with Gasteiger partial charge in [0, 0.05) is 17.2 Å². The van der Waals surface area contributed by atoms with Crippen LogP contribution in [-0.4, -0.2) is 10.3 Å². The van der Waals surface area contributed by atoms with Crippen LogP contribution >= 0.6 is 12.2 Å². The van der Waals surface area contributed by atoms with E-state index < -0.39 is 0 Å². The second kappa shape index (κ2) is 5.40. The van der Waals surface area contributed by atoms with Crippen LogP contribution in [0.5, 0.6) is 0 Å². The van der Waals surface area contributed by atoms with Crippen LogP contribution < -0.4 is 10.6 Å². The van der Waals surface area contributed by atoms with Crippen LogP contribution in [0.3, 0.4) is 0 Å². The van der Waals surface area contributed by atoms with Gasteiger partial charge in [0.1, 0.15) is 5.76 Å². The molecule has 0 aliphatic rings. The molecule has 2 rings (SSSR count). The lowest BCUT2D eigenvalue weighted by atomic mass is 9.93. The lowest BCUT2D eigenvalue weighted by molar-refractivity contribution is 0.331. The third-order valence-corrected chi connectivity index (χ3v) is 2.73. The Morgan fingerprint density at radius 1 is 1.16 bits per heavy atom. The number of aromatic nitrogens is 1. The summed E-state index contributed by atoms with van der Waals surface area (Å²) in [4.78, 5) is 0. The van der Waals surface area contributed by atoms with E-state index in [1.807, 2.05) is 36.4 Å². The molecule has 5 heteroatoms. The number of hydrogen-bond acceptors (Lipinski definition) is 3. The van der Waals surface area contributed by atoms with Gasteiger partial charge >= 0.3 is 0 Å². The smallest absolute Gasteiger partial charge is 0.176 e. The topological polar surface area (TPSA) is 50.1 Å². The number of nitrogens with one attached hydrogen (secondary N) is 2. The summed E-state index contributed by atoms with van der Waals surface area (Å²) < 4.78 is 5.28. The van der Waals surface area contributed by atoms with Crippen molar-refractivity contribution in [1.82, 2.24) is 5.16 Å². The van der Waals surface area contributed by atoms with E-state index >= 15 is 0 Å². The van der Waals surface area contributed by atoms with Crippen LogP contribution in [0.2, 0.25) is 0 Å². The fourth-order valence-corrected chi connectivity index (χ4v) is 1.71. The highest BCUT2D eigenvalue weighted by Crippen LogP contribution is 2.24. The van der Waals surface area contributed by atoms with Crippen LogP contribution in [-0.2, 0) is 5.41 Å². The fourth-order valence-electron chi connectivity index (χ4n) is 1.49. The molecule has 2 aromatic rings. The van der Waals surface area contributed by atoms with E-state index in [1.54, 1.807) is 0 Å². The molecule has 0 bridgehead atoms. The summed E-state index contributed by atoms with van der Waals surface area (Å²) >= 11 is 5.22. The Morgan fingerprint density at radius 3 is 2.42 bits per heavy atom. The fraction of sp³-hybridized carbons (Fsp3) is 0.286. The highest BCUT2D eigenvalue weighted by molar-refractivity contribution is 7.80. The van der Waals surface area contributed by atoms with Crippen molar-refractivity contribution >= 4 is 28.8 Å². The molecule has 0 aliphatic heterocycles. The van der Waals surface area contributed by atoms with Crippen molar-refractivity contribution in [3.63, 3.8) is 0 Å². The molecule has 2 N–H and O–H groups in total. The Labute approximate surface area is 118 Å². The lowest BCUT2D eigenvalue weighted by Gasteiger charge is -2.12. The molecule has 0 aliphatic carbocycles. The number of anilines is 2. The maximum Gasteiger partial charge on any atom is 0.176 e. The first kappa shape index (κ1) is 13.5. The molecule has 0 spiro atoms. The summed E-state index contributed by atoms with van der Waals surface area (Å²) in [6.45, 7) is 6.20. The minimum absolute atomic E-state index is 0.0680. The minimum Gasteiger partial charge on any atom is -0.359 e. The summed E-state index contributed by atoms with van der Waals surface area (Å²) in [5.41, 5.74) is 0.862. The molecule has 0 unspecified atom stereocenters. The molecule has 0 atom stereocenters. The molecule has 1 heterocycles. The van der Waals surface area contributed by atoms with Crippen molar-refractivity contribution in [3.05, 3.63) is 42.2 Å². The highest BCUT2D eigenvalue weighted by Gasteiger charge is 2.19. The van der Waals surface area contributed by atoms with Crippen molar-refractivity contribution in [1.29, 1.82) is 0 Å². The van der Waals surface area contributed by atoms with E-state index in [2.05, 4.69) is 36.6 Å². The quantitative estimate of drug-likeness (QED) is 0.817. The zero-order valence-corrected chi connectivity index (χ0v) is 12.0. The average molecular weight is 275 g/mol. The number of para-hydroxylation sites is 1. The van der Waals surface area contributed by atoms with E-state index in [1.165, 1.54) is 0 Å². The third-order valence-electron chi connectivity index (χ3n) is 2.52. The second-order valence-corrected chi connectivity index (χ2v) is 5.68. The second-order valence-electron chi connectivity index (χ2n) is 5.27. The molecule has 100 valence electrons. The first-order chi connectivity index (χ1) is 8.95. The number of nitrogens with zero attached hydrogens (tertiary/aromatic N) is 1. The molecule has 4 nitrogen and oxygen atoms in total. The SMILES string of the molecule is CC(C)(C)c1cc(NC(=S)Nc2ccccc2)no1. The number of thiocarbonyl (C=S) groups is 1. The van der Waals surface area contributed by atoms with E-state index in [4.69, 9.17) is 16.7 Å². The van der Waals surface area contributed by atoms with Crippen molar-refractivity contribution in [2.24, 2.45) is 0 Å². The average Bonchev–Trinajstić information content (AvgIpc) is 2.78. The number of hydrogen-bond donors (Lipinski definition) is 2. The molecular weight excluding hydrogens is 258 g/mol. The normalized spacial score (nSPS) is 11.1. The van der Waals surface area contributed by atoms with Gasteiger partial charge in [0.05, 0.1) is 0 Å². The molecular formula is C14H17N3OS. The van der Waals surface area contributed by atoms with Crippen molar-refractivity contribution in [3.8, 4) is 0 Å². The third kappa shape index (κ3) is 3.79. The van der Waals surface area contributed by atoms with Crippen LogP contribution in [0.15, 0.2) is 40.9 Å². The van der Waals surface area contributed by atoms with Gasteiger partial charge in [-0.2, -0.15) is 0 Å². The predicted molar refractivity (Wildman–Crippen MR) is 81.5 cm³/mol. The van der Waals surface area contributed by atoms with Crippen LogP contribution in [0.4, 0.5) is 11.5 Å². The van der Waals surface area contributed by atoms with Gasteiger partial charge in [-0.3, -0.25) is 0 Å². The maximum absolute atomic E-state index is 5.28. The minimum atomic E-state index is -0.0680. The van der Waals surface area contributed by atoms with Gasteiger partial charge in [0.2, 0.25) is 0 Å². The highest BCUT2D eigenvalue weighted by atomic mass is 32.1. The zero-order chi connectivity index (χ0) is 13.9. The molecule has 0 saturated heterocycles. The first-order valence-electron chi connectivity index (χ1n) is 6.05. The van der Waals surface area contributed by atoms with Crippen LogP contribution in [0.1, 0.15) is 26.5 Å². The molecule has 1 aromatic carbocycles. The predicted octanol–water partition coefficient (Wildman–Crippen LogP) is 3.78. The Balaban J connectivity index is 1.98. The standard InChI is InChI=1S/C14H17N3OS/c1-14(2,3)11-9-12(17-18-11)16-13(19)15-10-7-5-4-6-8-10/h4-9H,1-3H3,(H2,15,16,17,19). The molecule has 0 amide bonds. The summed E-state index contributed by atoms with van der Waals surface area (Å²) in [5.74, 6) is 1.43. The molecule has 0 fully saturated rings. The largest absolute Gasteiger partial charge is 0.359 e. The van der Waals surface area contributed by atoms with Gasteiger partial charge in [0.25, 0.3) is 0 Å². The van der Waals surface area contributed by atoms with E-state index in [0.29, 0.717) is 10.9 Å². The maximum atomic E-state index is 5.28. The monoisotopic (exact) mass is 275 g/mol. The van der Waals surface area contributed by atoms with E-state index in [-0.39, 0.29) is 5.41 Å². The van der Waals surface area contributed by atoms with Crippen LogP contribution in [0, 0.1) is 0 Å². The lowest BCUT2D eigenvalue weighted by Crippen LogP contribution is -2.19. The Bertz CT molecular complexity index is 558. The summed E-state index contributed by atoms with van der Waals surface area (Å²) in [6.07, 6.45) is 0. The van der Waals surface area contributed by atoms with E-state index in [9.17, 15) is 0 Å². The van der Waals surface area contributed by atoms with Gasteiger partial charge in [0.15, 0.2) is 10.9 Å². The first-order valence-corrected chi connectivity index (χ1v) is 6.46. The number of rotatable bonds is 2.